The molecule has 0 aliphatic carbocycles. The molecule has 0 aromatic carbocycles. The van der Waals surface area contributed by atoms with Crippen LogP contribution in [0.4, 0.5) is 0 Å². The lowest BCUT2D eigenvalue weighted by Gasteiger charge is -2.21. The van der Waals surface area contributed by atoms with E-state index in [0.717, 1.165) is 25.6 Å². The van der Waals surface area contributed by atoms with E-state index >= 15 is 0 Å². The van der Waals surface area contributed by atoms with Gasteiger partial charge in [0.1, 0.15) is 0 Å². The minimum atomic E-state index is 0.668. The number of hydrogen-bond acceptors (Lipinski definition) is 3. The molecule has 1 heterocycles. The third-order valence-corrected chi connectivity index (χ3v) is 4.68. The average Bonchev–Trinajstić information content (AvgIpc) is 2.69. The molecule has 2 N–H and O–H groups in total. The summed E-state index contributed by atoms with van der Waals surface area (Å²) in [6.07, 6.45) is 2.45. The minimum absolute atomic E-state index is 0.668. The number of nitrogens with zero attached hydrogens (tertiary/aromatic N) is 1. The van der Waals surface area contributed by atoms with Crippen molar-refractivity contribution in [1.82, 2.24) is 4.90 Å². The van der Waals surface area contributed by atoms with Crippen molar-refractivity contribution in [3.05, 3.63) is 20.8 Å². The highest BCUT2D eigenvalue weighted by atomic mass is 79.9. The van der Waals surface area contributed by atoms with Crippen molar-refractivity contribution in [1.29, 1.82) is 0 Å². The van der Waals surface area contributed by atoms with E-state index in [1.807, 2.05) is 0 Å². The molecule has 4 heteroatoms. The molecular weight excluding hydrogens is 308 g/mol. The first-order valence-corrected chi connectivity index (χ1v) is 8.30. The van der Waals surface area contributed by atoms with Crippen LogP contribution in [-0.2, 0) is 6.54 Å². The van der Waals surface area contributed by atoms with Crippen LogP contribution in [0.2, 0.25) is 0 Å². The van der Waals surface area contributed by atoms with E-state index in [9.17, 15) is 0 Å². The maximum atomic E-state index is 5.84. The lowest BCUT2D eigenvalue weighted by atomic mass is 9.94. The van der Waals surface area contributed by atoms with Crippen molar-refractivity contribution in [2.75, 3.05) is 20.1 Å². The van der Waals surface area contributed by atoms with Crippen molar-refractivity contribution in [3.8, 4) is 0 Å². The minimum Gasteiger partial charge on any atom is -0.330 e. The van der Waals surface area contributed by atoms with Gasteiger partial charge in [0.15, 0.2) is 0 Å². The number of rotatable bonds is 8. The van der Waals surface area contributed by atoms with Crippen LogP contribution in [0.25, 0.3) is 0 Å². The zero-order valence-corrected chi connectivity index (χ0v) is 14.1. The molecule has 1 aromatic rings. The quantitative estimate of drug-likeness (QED) is 0.780. The van der Waals surface area contributed by atoms with E-state index in [2.05, 4.69) is 53.2 Å². The summed E-state index contributed by atoms with van der Waals surface area (Å²) >= 11 is 5.26. The first kappa shape index (κ1) is 16.2. The molecule has 0 fully saturated rings. The Morgan fingerprint density at radius 1 is 1.44 bits per heavy atom. The van der Waals surface area contributed by atoms with E-state index in [0.29, 0.717) is 5.92 Å². The third-order valence-electron chi connectivity index (χ3n) is 3.13. The number of thiophene rings is 1. The van der Waals surface area contributed by atoms with Gasteiger partial charge >= 0.3 is 0 Å². The summed E-state index contributed by atoms with van der Waals surface area (Å²) in [5, 5.41) is 2.22. The smallest absolute Gasteiger partial charge is 0.0701 e. The van der Waals surface area contributed by atoms with E-state index in [-0.39, 0.29) is 0 Å². The topological polar surface area (TPSA) is 29.3 Å². The number of halogens is 1. The number of nitrogens with two attached hydrogens (primary N) is 1. The molecule has 2 nitrogen and oxygen atoms in total. The first-order chi connectivity index (χ1) is 8.51. The summed E-state index contributed by atoms with van der Waals surface area (Å²) in [6, 6.07) is 2.20. The van der Waals surface area contributed by atoms with Crippen LogP contribution in [0.5, 0.6) is 0 Å². The highest BCUT2D eigenvalue weighted by Gasteiger charge is 2.10. The monoisotopic (exact) mass is 332 g/mol. The fourth-order valence-electron chi connectivity index (χ4n) is 2.22. The molecule has 0 spiro atoms. The fourth-order valence-corrected chi connectivity index (χ4v) is 3.42. The fraction of sp³-hybridized carbons (Fsp3) is 0.714. The van der Waals surface area contributed by atoms with Crippen LogP contribution in [0.15, 0.2) is 15.2 Å². The van der Waals surface area contributed by atoms with Gasteiger partial charge in [-0.25, -0.2) is 0 Å². The van der Waals surface area contributed by atoms with Gasteiger partial charge in [0.2, 0.25) is 0 Å². The molecule has 1 atom stereocenters. The van der Waals surface area contributed by atoms with E-state index < -0.39 is 0 Å². The molecule has 1 unspecified atom stereocenters. The second-order valence-electron chi connectivity index (χ2n) is 5.52. The van der Waals surface area contributed by atoms with Gasteiger partial charge in [0, 0.05) is 6.54 Å². The van der Waals surface area contributed by atoms with Crippen LogP contribution < -0.4 is 5.73 Å². The van der Waals surface area contributed by atoms with Crippen LogP contribution in [0.3, 0.4) is 0 Å². The van der Waals surface area contributed by atoms with E-state index in [4.69, 9.17) is 5.73 Å². The first-order valence-electron chi connectivity index (χ1n) is 6.62. The maximum Gasteiger partial charge on any atom is 0.0701 e. The van der Waals surface area contributed by atoms with Crippen molar-refractivity contribution in [3.63, 3.8) is 0 Å². The van der Waals surface area contributed by atoms with Crippen molar-refractivity contribution < 1.29 is 0 Å². The molecule has 18 heavy (non-hydrogen) atoms. The molecular formula is C14H25BrN2S. The molecule has 0 bridgehead atoms. The Hall–Kier alpha value is 0.100. The normalized spacial score (nSPS) is 13.5. The van der Waals surface area contributed by atoms with Crippen LogP contribution in [0, 0.1) is 11.8 Å². The zero-order chi connectivity index (χ0) is 13.5. The average molecular weight is 333 g/mol. The molecule has 104 valence electrons. The maximum absolute atomic E-state index is 5.84. The van der Waals surface area contributed by atoms with Crippen LogP contribution in [0.1, 0.15) is 32.3 Å². The molecule has 0 amide bonds. The van der Waals surface area contributed by atoms with Crippen molar-refractivity contribution in [2.24, 2.45) is 17.6 Å². The summed E-state index contributed by atoms with van der Waals surface area (Å²) in [5.41, 5.74) is 7.23. The van der Waals surface area contributed by atoms with Gasteiger partial charge in [-0.2, -0.15) is 0 Å². The Bertz CT molecular complexity index is 338. The van der Waals surface area contributed by atoms with Gasteiger partial charge in [-0.15, -0.1) is 11.3 Å². The molecule has 0 saturated carbocycles. The van der Waals surface area contributed by atoms with Gasteiger partial charge < -0.3 is 10.6 Å². The second-order valence-corrected chi connectivity index (χ2v) is 7.81. The molecule has 1 aromatic heterocycles. The molecule has 0 aliphatic heterocycles. The Morgan fingerprint density at radius 2 is 2.17 bits per heavy atom. The van der Waals surface area contributed by atoms with E-state index in [1.165, 1.54) is 22.2 Å². The van der Waals surface area contributed by atoms with Crippen LogP contribution in [-0.4, -0.2) is 25.0 Å². The highest BCUT2D eigenvalue weighted by Crippen LogP contribution is 2.22. The van der Waals surface area contributed by atoms with Crippen molar-refractivity contribution >= 4 is 27.3 Å². The summed E-state index contributed by atoms with van der Waals surface area (Å²) in [4.78, 5) is 2.39. The Kier molecular flexibility index (Phi) is 7.46. The largest absolute Gasteiger partial charge is 0.330 e. The zero-order valence-electron chi connectivity index (χ0n) is 11.7. The van der Waals surface area contributed by atoms with Crippen LogP contribution >= 0.6 is 27.3 Å². The van der Waals surface area contributed by atoms with Crippen molar-refractivity contribution in [2.45, 2.75) is 33.2 Å². The molecule has 0 saturated heterocycles. The van der Waals surface area contributed by atoms with Gasteiger partial charge in [-0.1, -0.05) is 13.8 Å². The summed E-state index contributed by atoms with van der Waals surface area (Å²) in [6.45, 7) is 7.52. The van der Waals surface area contributed by atoms with Gasteiger partial charge in [0.25, 0.3) is 0 Å². The summed E-state index contributed by atoms with van der Waals surface area (Å²) < 4.78 is 1.21. The molecule has 1 rings (SSSR count). The van der Waals surface area contributed by atoms with Gasteiger partial charge in [-0.05, 0) is 77.8 Å². The SMILES string of the molecule is CC(C)CC(CN)CCN(C)Cc1csc(Br)c1. The van der Waals surface area contributed by atoms with Gasteiger partial charge in [0.05, 0.1) is 3.79 Å². The number of hydrogen-bond donors (Lipinski definition) is 1. The Balaban J connectivity index is 2.29. The standard InChI is InChI=1S/C14H25BrN2S/c1-11(2)6-12(8-16)4-5-17(3)9-13-7-14(15)18-10-13/h7,10-12H,4-6,8-9,16H2,1-3H3. The summed E-state index contributed by atoms with van der Waals surface area (Å²) in [7, 11) is 2.19. The van der Waals surface area contributed by atoms with E-state index in [1.54, 1.807) is 11.3 Å². The Morgan fingerprint density at radius 3 is 2.67 bits per heavy atom. The Labute approximate surface area is 124 Å². The molecule has 0 aliphatic rings. The lowest BCUT2D eigenvalue weighted by molar-refractivity contribution is 0.279. The predicted octanol–water partition coefficient (Wildman–Crippen LogP) is 3.95. The molecule has 0 radical (unpaired) electrons. The lowest BCUT2D eigenvalue weighted by Crippen LogP contribution is -2.25. The second kappa shape index (κ2) is 8.31. The van der Waals surface area contributed by atoms with Gasteiger partial charge in [-0.3, -0.25) is 0 Å². The highest BCUT2D eigenvalue weighted by molar-refractivity contribution is 9.11. The predicted molar refractivity (Wildman–Crippen MR) is 85.0 cm³/mol. The summed E-state index contributed by atoms with van der Waals surface area (Å²) in [5.74, 6) is 1.42. The third kappa shape index (κ3) is 6.32.